The predicted octanol–water partition coefficient (Wildman–Crippen LogP) is 1.06. The number of hydrogen-bond acceptors (Lipinski definition) is 2. The SMILES string of the molecule is CN(C)C1(CCC=O)CC1. The van der Waals surface area contributed by atoms with Crippen molar-refractivity contribution in [3.8, 4) is 0 Å². The summed E-state index contributed by atoms with van der Waals surface area (Å²) in [5, 5.41) is 0. The third-order valence-corrected chi connectivity index (χ3v) is 2.50. The molecule has 0 N–H and O–H groups in total. The molecule has 58 valence electrons. The van der Waals surface area contributed by atoms with E-state index < -0.39 is 0 Å². The van der Waals surface area contributed by atoms with E-state index in [1.165, 1.54) is 12.8 Å². The van der Waals surface area contributed by atoms with Crippen LogP contribution in [0.15, 0.2) is 0 Å². The molecule has 1 aliphatic carbocycles. The molecule has 2 heteroatoms. The molecule has 0 atom stereocenters. The number of carbonyl (C=O) groups excluding carboxylic acids is 1. The standard InChI is InChI=1S/C8H15NO/c1-9(2)8(5-6-8)4-3-7-10/h7H,3-6H2,1-2H3. The van der Waals surface area contributed by atoms with E-state index in [2.05, 4.69) is 19.0 Å². The van der Waals surface area contributed by atoms with Crippen LogP contribution in [-0.4, -0.2) is 30.8 Å². The highest BCUT2D eigenvalue weighted by Gasteiger charge is 2.43. The van der Waals surface area contributed by atoms with Crippen molar-refractivity contribution in [3.05, 3.63) is 0 Å². The fourth-order valence-electron chi connectivity index (χ4n) is 1.39. The van der Waals surface area contributed by atoms with Gasteiger partial charge in [0.05, 0.1) is 0 Å². The van der Waals surface area contributed by atoms with Gasteiger partial charge in [-0.05, 0) is 33.4 Å². The van der Waals surface area contributed by atoms with Crippen molar-refractivity contribution in [1.29, 1.82) is 0 Å². The monoisotopic (exact) mass is 141 g/mol. The zero-order valence-corrected chi connectivity index (χ0v) is 6.76. The summed E-state index contributed by atoms with van der Waals surface area (Å²) in [5.74, 6) is 0. The first-order valence-corrected chi connectivity index (χ1v) is 3.82. The van der Waals surface area contributed by atoms with Crippen LogP contribution in [0.4, 0.5) is 0 Å². The molecular formula is C8H15NO. The normalized spacial score (nSPS) is 21.1. The van der Waals surface area contributed by atoms with Crippen LogP contribution in [0.1, 0.15) is 25.7 Å². The summed E-state index contributed by atoms with van der Waals surface area (Å²) in [6.45, 7) is 0. The van der Waals surface area contributed by atoms with Gasteiger partial charge in [0.1, 0.15) is 6.29 Å². The molecule has 0 saturated heterocycles. The second kappa shape index (κ2) is 2.70. The average Bonchev–Trinajstić information content (AvgIpc) is 2.64. The molecule has 0 aromatic heterocycles. The number of carbonyl (C=O) groups is 1. The first-order chi connectivity index (χ1) is 4.71. The Labute approximate surface area is 62.2 Å². The van der Waals surface area contributed by atoms with Crippen LogP contribution in [-0.2, 0) is 4.79 Å². The number of aldehydes is 1. The summed E-state index contributed by atoms with van der Waals surface area (Å²) in [7, 11) is 4.19. The fourth-order valence-corrected chi connectivity index (χ4v) is 1.39. The van der Waals surface area contributed by atoms with Gasteiger partial charge in [0.15, 0.2) is 0 Å². The second-order valence-electron chi connectivity index (χ2n) is 3.32. The maximum atomic E-state index is 10.1. The molecule has 0 unspecified atom stereocenters. The second-order valence-corrected chi connectivity index (χ2v) is 3.32. The Hall–Kier alpha value is -0.370. The van der Waals surface area contributed by atoms with Gasteiger partial charge in [-0.2, -0.15) is 0 Å². The summed E-state index contributed by atoms with van der Waals surface area (Å²) >= 11 is 0. The lowest BCUT2D eigenvalue weighted by Crippen LogP contribution is -2.29. The van der Waals surface area contributed by atoms with Crippen molar-refractivity contribution in [2.75, 3.05) is 14.1 Å². The van der Waals surface area contributed by atoms with Gasteiger partial charge in [0, 0.05) is 12.0 Å². The molecule has 1 aliphatic rings. The third-order valence-electron chi connectivity index (χ3n) is 2.50. The Kier molecular flexibility index (Phi) is 2.09. The van der Waals surface area contributed by atoms with Crippen molar-refractivity contribution < 1.29 is 4.79 Å². The van der Waals surface area contributed by atoms with Crippen LogP contribution >= 0.6 is 0 Å². The van der Waals surface area contributed by atoms with Crippen molar-refractivity contribution >= 4 is 6.29 Å². The zero-order valence-electron chi connectivity index (χ0n) is 6.76. The van der Waals surface area contributed by atoms with Crippen molar-refractivity contribution in [2.45, 2.75) is 31.2 Å². The van der Waals surface area contributed by atoms with E-state index in [0.29, 0.717) is 5.54 Å². The first-order valence-electron chi connectivity index (χ1n) is 3.82. The molecule has 0 heterocycles. The average molecular weight is 141 g/mol. The van der Waals surface area contributed by atoms with Gasteiger partial charge >= 0.3 is 0 Å². The maximum absolute atomic E-state index is 10.1. The van der Waals surface area contributed by atoms with Gasteiger partial charge in [-0.15, -0.1) is 0 Å². The van der Waals surface area contributed by atoms with Gasteiger partial charge in [-0.25, -0.2) is 0 Å². The molecular weight excluding hydrogens is 126 g/mol. The van der Waals surface area contributed by atoms with E-state index in [1.54, 1.807) is 0 Å². The Balaban J connectivity index is 2.30. The van der Waals surface area contributed by atoms with Gasteiger partial charge < -0.3 is 9.69 Å². The Bertz CT molecular complexity index is 127. The highest BCUT2D eigenvalue weighted by Crippen LogP contribution is 2.43. The van der Waals surface area contributed by atoms with Crippen LogP contribution in [0.25, 0.3) is 0 Å². The van der Waals surface area contributed by atoms with Gasteiger partial charge in [0.25, 0.3) is 0 Å². The Morgan fingerprint density at radius 2 is 2.10 bits per heavy atom. The van der Waals surface area contributed by atoms with Crippen molar-refractivity contribution in [3.63, 3.8) is 0 Å². The molecule has 0 aromatic carbocycles. The van der Waals surface area contributed by atoms with E-state index >= 15 is 0 Å². The lowest BCUT2D eigenvalue weighted by Gasteiger charge is -2.22. The van der Waals surface area contributed by atoms with Crippen LogP contribution in [0.5, 0.6) is 0 Å². The number of nitrogens with zero attached hydrogens (tertiary/aromatic N) is 1. The van der Waals surface area contributed by atoms with Gasteiger partial charge in [-0.1, -0.05) is 0 Å². The van der Waals surface area contributed by atoms with E-state index in [9.17, 15) is 4.79 Å². The Morgan fingerprint density at radius 1 is 1.50 bits per heavy atom. The lowest BCUT2D eigenvalue weighted by molar-refractivity contribution is -0.108. The smallest absolute Gasteiger partial charge is 0.120 e. The molecule has 0 amide bonds. The van der Waals surface area contributed by atoms with Gasteiger partial charge in [-0.3, -0.25) is 0 Å². The van der Waals surface area contributed by atoms with Crippen molar-refractivity contribution in [1.82, 2.24) is 4.90 Å². The van der Waals surface area contributed by atoms with Crippen molar-refractivity contribution in [2.24, 2.45) is 0 Å². The molecule has 0 spiro atoms. The van der Waals surface area contributed by atoms with E-state index in [-0.39, 0.29) is 0 Å². The largest absolute Gasteiger partial charge is 0.304 e. The minimum atomic E-state index is 0.404. The summed E-state index contributed by atoms with van der Waals surface area (Å²) in [4.78, 5) is 12.3. The van der Waals surface area contributed by atoms with E-state index in [1.807, 2.05) is 0 Å². The molecule has 1 rings (SSSR count). The summed E-state index contributed by atoms with van der Waals surface area (Å²) in [5.41, 5.74) is 0.404. The van der Waals surface area contributed by atoms with Crippen LogP contribution < -0.4 is 0 Å². The predicted molar refractivity (Wildman–Crippen MR) is 41.0 cm³/mol. The highest BCUT2D eigenvalue weighted by atomic mass is 16.1. The summed E-state index contributed by atoms with van der Waals surface area (Å²) in [6, 6.07) is 0. The maximum Gasteiger partial charge on any atom is 0.120 e. The minimum Gasteiger partial charge on any atom is -0.304 e. The summed E-state index contributed by atoms with van der Waals surface area (Å²) < 4.78 is 0. The van der Waals surface area contributed by atoms with Gasteiger partial charge in [0.2, 0.25) is 0 Å². The zero-order chi connectivity index (χ0) is 7.61. The molecule has 0 radical (unpaired) electrons. The number of hydrogen-bond donors (Lipinski definition) is 0. The van der Waals surface area contributed by atoms with E-state index in [0.717, 1.165) is 19.1 Å². The molecule has 0 bridgehead atoms. The third kappa shape index (κ3) is 1.37. The number of rotatable bonds is 4. The molecule has 10 heavy (non-hydrogen) atoms. The van der Waals surface area contributed by atoms with Crippen LogP contribution in [0.3, 0.4) is 0 Å². The Morgan fingerprint density at radius 3 is 2.40 bits per heavy atom. The topological polar surface area (TPSA) is 20.3 Å². The first kappa shape index (κ1) is 7.73. The highest BCUT2D eigenvalue weighted by molar-refractivity contribution is 5.49. The van der Waals surface area contributed by atoms with Crippen LogP contribution in [0, 0.1) is 0 Å². The molecule has 0 aliphatic heterocycles. The fraction of sp³-hybridized carbons (Fsp3) is 0.875. The molecule has 1 fully saturated rings. The van der Waals surface area contributed by atoms with E-state index in [4.69, 9.17) is 0 Å². The quantitative estimate of drug-likeness (QED) is 0.546. The minimum absolute atomic E-state index is 0.404. The molecule has 0 aromatic rings. The van der Waals surface area contributed by atoms with Crippen LogP contribution in [0.2, 0.25) is 0 Å². The molecule has 2 nitrogen and oxygen atoms in total. The lowest BCUT2D eigenvalue weighted by atomic mass is 10.1. The molecule has 1 saturated carbocycles. The summed E-state index contributed by atoms with van der Waals surface area (Å²) in [6.07, 6.45) is 5.33.